The summed E-state index contributed by atoms with van der Waals surface area (Å²) in [5, 5.41) is 0. The van der Waals surface area contributed by atoms with Crippen molar-refractivity contribution in [1.82, 2.24) is 0 Å². The molecule has 0 bridgehead atoms. The van der Waals surface area contributed by atoms with Gasteiger partial charge in [-0.25, -0.2) is 14.0 Å². The highest BCUT2D eigenvalue weighted by atomic mass is 19.1. The minimum atomic E-state index is -0.620. The van der Waals surface area contributed by atoms with E-state index >= 15 is 0 Å². The van der Waals surface area contributed by atoms with Gasteiger partial charge in [0.05, 0.1) is 19.2 Å². The molecule has 1 aromatic carbocycles. The molecule has 0 aliphatic carbocycles. The Labute approximate surface area is 80.9 Å². The van der Waals surface area contributed by atoms with Crippen molar-refractivity contribution in [3.8, 4) is 0 Å². The highest BCUT2D eigenvalue weighted by Gasteiger charge is 2.13. The van der Waals surface area contributed by atoms with Gasteiger partial charge in [-0.3, -0.25) is 0 Å². The monoisotopic (exact) mass is 193 g/mol. The summed E-state index contributed by atoms with van der Waals surface area (Å²) >= 11 is 0. The molecule has 0 spiro atoms. The van der Waals surface area contributed by atoms with Crippen LogP contribution in [0.25, 0.3) is 4.85 Å². The van der Waals surface area contributed by atoms with Crippen LogP contribution in [0.5, 0.6) is 0 Å². The summed E-state index contributed by atoms with van der Waals surface area (Å²) in [5.41, 5.74) is 0.512. The summed E-state index contributed by atoms with van der Waals surface area (Å²) in [7, 11) is 1.24. The lowest BCUT2D eigenvalue weighted by molar-refractivity contribution is 0.0600. The topological polar surface area (TPSA) is 30.7 Å². The molecule has 0 heterocycles. The predicted octanol–water partition coefficient (Wildman–Crippen LogP) is 2.47. The van der Waals surface area contributed by atoms with Gasteiger partial charge in [-0.1, -0.05) is 0 Å². The third-order valence-corrected chi connectivity index (χ3v) is 1.82. The first-order chi connectivity index (χ1) is 6.60. The average molecular weight is 193 g/mol. The van der Waals surface area contributed by atoms with E-state index in [4.69, 9.17) is 6.57 Å². The van der Waals surface area contributed by atoms with Gasteiger partial charge < -0.3 is 4.74 Å². The van der Waals surface area contributed by atoms with Gasteiger partial charge in [0.2, 0.25) is 5.69 Å². The van der Waals surface area contributed by atoms with Crippen LogP contribution in [0.15, 0.2) is 12.1 Å². The van der Waals surface area contributed by atoms with Crippen LogP contribution in [0, 0.1) is 19.3 Å². The number of hydrogen-bond acceptors (Lipinski definition) is 2. The summed E-state index contributed by atoms with van der Waals surface area (Å²) in [4.78, 5) is 14.1. The number of methoxy groups -OCH3 is 1. The highest BCUT2D eigenvalue weighted by Crippen LogP contribution is 2.22. The lowest BCUT2D eigenvalue weighted by atomic mass is 10.1. The molecule has 0 aliphatic heterocycles. The molecule has 0 atom stereocenters. The minimum Gasteiger partial charge on any atom is -0.465 e. The number of carbonyl (C=O) groups excluding carboxylic acids is 1. The fourth-order valence-corrected chi connectivity index (χ4v) is 1.08. The molecule has 0 radical (unpaired) electrons. The van der Waals surface area contributed by atoms with Crippen LogP contribution in [-0.4, -0.2) is 13.1 Å². The second-order valence-corrected chi connectivity index (χ2v) is 2.72. The van der Waals surface area contributed by atoms with Gasteiger partial charge in [0.25, 0.3) is 0 Å². The van der Waals surface area contributed by atoms with Gasteiger partial charge in [-0.05, 0) is 24.6 Å². The molecule has 0 aromatic heterocycles. The van der Waals surface area contributed by atoms with Gasteiger partial charge in [0.1, 0.15) is 5.82 Å². The third-order valence-electron chi connectivity index (χ3n) is 1.82. The lowest BCUT2D eigenvalue weighted by Gasteiger charge is -2.04. The van der Waals surface area contributed by atoms with Crippen LogP contribution in [0.4, 0.5) is 10.1 Å². The Morgan fingerprint density at radius 2 is 2.21 bits per heavy atom. The summed E-state index contributed by atoms with van der Waals surface area (Å²) < 4.78 is 17.5. The van der Waals surface area contributed by atoms with Crippen LogP contribution in [0.2, 0.25) is 0 Å². The molecular formula is C10H8FNO2. The van der Waals surface area contributed by atoms with Gasteiger partial charge in [0, 0.05) is 0 Å². The number of nitrogens with zero attached hydrogens (tertiary/aromatic N) is 1. The van der Waals surface area contributed by atoms with Crippen molar-refractivity contribution < 1.29 is 13.9 Å². The van der Waals surface area contributed by atoms with E-state index < -0.39 is 11.8 Å². The standard InChI is InChI=1S/C10H8FNO2/c1-6-4-8(11)9(12-2)5-7(6)10(13)14-3/h4-5H,1,3H3. The zero-order chi connectivity index (χ0) is 10.7. The molecule has 14 heavy (non-hydrogen) atoms. The van der Waals surface area contributed by atoms with E-state index in [0.717, 1.165) is 6.07 Å². The van der Waals surface area contributed by atoms with Crippen LogP contribution < -0.4 is 0 Å². The van der Waals surface area contributed by atoms with Gasteiger partial charge in [-0.15, -0.1) is 0 Å². The van der Waals surface area contributed by atoms with Crippen molar-refractivity contribution in [1.29, 1.82) is 0 Å². The Morgan fingerprint density at radius 1 is 1.57 bits per heavy atom. The number of aryl methyl sites for hydroxylation is 1. The number of carbonyl (C=O) groups is 1. The maximum atomic E-state index is 13.0. The molecule has 1 aromatic rings. The van der Waals surface area contributed by atoms with Gasteiger partial charge >= 0.3 is 5.97 Å². The maximum absolute atomic E-state index is 13.0. The van der Waals surface area contributed by atoms with Crippen molar-refractivity contribution >= 4 is 11.7 Å². The van der Waals surface area contributed by atoms with Crippen LogP contribution in [0.1, 0.15) is 15.9 Å². The van der Waals surface area contributed by atoms with Crippen molar-refractivity contribution in [3.05, 3.63) is 40.5 Å². The summed E-state index contributed by atoms with van der Waals surface area (Å²) in [6.07, 6.45) is 0. The van der Waals surface area contributed by atoms with Crippen LogP contribution >= 0.6 is 0 Å². The zero-order valence-corrected chi connectivity index (χ0v) is 7.80. The highest BCUT2D eigenvalue weighted by molar-refractivity contribution is 5.92. The molecule has 4 heteroatoms. The molecule has 72 valence electrons. The Hall–Kier alpha value is -1.89. The van der Waals surface area contributed by atoms with Crippen molar-refractivity contribution in [2.24, 2.45) is 0 Å². The van der Waals surface area contributed by atoms with E-state index in [0.29, 0.717) is 5.56 Å². The fourth-order valence-electron chi connectivity index (χ4n) is 1.08. The smallest absolute Gasteiger partial charge is 0.336 e. The molecule has 0 N–H and O–H groups in total. The summed E-state index contributed by atoms with van der Waals surface area (Å²) in [6.45, 7) is 8.27. The van der Waals surface area contributed by atoms with Crippen molar-refractivity contribution in [2.75, 3.05) is 7.11 Å². The molecule has 0 fully saturated rings. The number of esters is 1. The number of hydrogen-bond donors (Lipinski definition) is 0. The quantitative estimate of drug-likeness (QED) is 0.506. The lowest BCUT2D eigenvalue weighted by Crippen LogP contribution is -2.03. The van der Waals surface area contributed by atoms with Gasteiger partial charge in [0.15, 0.2) is 0 Å². The fraction of sp³-hybridized carbons (Fsp3) is 0.200. The van der Waals surface area contributed by atoms with E-state index in [-0.39, 0.29) is 11.3 Å². The molecule has 0 saturated heterocycles. The van der Waals surface area contributed by atoms with Crippen LogP contribution in [-0.2, 0) is 4.74 Å². The minimum absolute atomic E-state index is 0.170. The second-order valence-electron chi connectivity index (χ2n) is 2.72. The molecule has 0 amide bonds. The van der Waals surface area contributed by atoms with Crippen molar-refractivity contribution in [2.45, 2.75) is 6.92 Å². The van der Waals surface area contributed by atoms with E-state index in [1.807, 2.05) is 0 Å². The van der Waals surface area contributed by atoms with Crippen LogP contribution in [0.3, 0.4) is 0 Å². The first kappa shape index (κ1) is 10.2. The molecule has 0 saturated carbocycles. The van der Waals surface area contributed by atoms with E-state index in [2.05, 4.69) is 9.58 Å². The molecule has 0 aliphatic rings. The number of halogens is 1. The van der Waals surface area contributed by atoms with E-state index in [1.165, 1.54) is 13.2 Å². The van der Waals surface area contributed by atoms with E-state index in [1.54, 1.807) is 6.92 Å². The Morgan fingerprint density at radius 3 is 2.71 bits per heavy atom. The third kappa shape index (κ3) is 1.72. The molecule has 0 unspecified atom stereocenters. The maximum Gasteiger partial charge on any atom is 0.336 e. The number of ether oxygens (including phenoxy) is 1. The average Bonchev–Trinajstić information content (AvgIpc) is 2.17. The number of benzene rings is 1. The molecule has 1 rings (SSSR count). The summed E-state index contributed by atoms with van der Waals surface area (Å²) in [6, 6.07) is 2.35. The van der Waals surface area contributed by atoms with E-state index in [9.17, 15) is 9.18 Å². The Balaban J connectivity index is 3.33. The first-order valence-corrected chi connectivity index (χ1v) is 3.86. The molecular weight excluding hydrogens is 185 g/mol. The SMILES string of the molecule is [C-]#[N+]c1cc(C(=O)OC)c(C)cc1F. The predicted molar refractivity (Wildman–Crippen MR) is 48.7 cm³/mol. The molecule has 3 nitrogen and oxygen atoms in total. The summed E-state index contributed by atoms with van der Waals surface area (Å²) in [5.74, 6) is -1.18. The zero-order valence-electron chi connectivity index (χ0n) is 7.80. The van der Waals surface area contributed by atoms with Gasteiger partial charge in [-0.2, -0.15) is 0 Å². The van der Waals surface area contributed by atoms with Crippen molar-refractivity contribution in [3.63, 3.8) is 0 Å². The second kappa shape index (κ2) is 3.88. The number of rotatable bonds is 1. The largest absolute Gasteiger partial charge is 0.465 e. The Bertz CT molecular complexity index is 421. The normalized spacial score (nSPS) is 9.29. The Kier molecular flexibility index (Phi) is 2.82. The first-order valence-electron chi connectivity index (χ1n) is 3.86.